The lowest BCUT2D eigenvalue weighted by molar-refractivity contribution is 0.0697. The number of pyridine rings is 2. The largest absolute Gasteiger partial charge is 0.478 e. The lowest BCUT2D eigenvalue weighted by Crippen LogP contribution is -2.00. The number of benzene rings is 1. The average Bonchev–Trinajstić information content (AvgIpc) is 2.48. The predicted molar refractivity (Wildman–Crippen MR) is 81.0 cm³/mol. The van der Waals surface area contributed by atoms with Crippen LogP contribution in [0, 0.1) is 6.92 Å². The number of carbonyl (C=O) groups is 1. The van der Waals surface area contributed by atoms with Gasteiger partial charge in [0.15, 0.2) is 0 Å². The predicted octanol–water partition coefficient (Wildman–Crippen LogP) is 3.38. The topological polar surface area (TPSA) is 75.1 Å². The van der Waals surface area contributed by atoms with E-state index >= 15 is 0 Å². The Morgan fingerprint density at radius 1 is 1.19 bits per heavy atom. The minimum Gasteiger partial charge on any atom is -0.478 e. The summed E-state index contributed by atoms with van der Waals surface area (Å²) in [6.07, 6.45) is 1.47. The number of hydrogen-bond acceptors (Lipinski definition) is 4. The van der Waals surface area contributed by atoms with Gasteiger partial charge in [-0.25, -0.2) is 9.78 Å². The van der Waals surface area contributed by atoms with Crippen LogP contribution in [0.3, 0.4) is 0 Å². The molecule has 0 saturated carbocycles. The van der Waals surface area contributed by atoms with Crippen LogP contribution in [0.1, 0.15) is 16.1 Å². The lowest BCUT2D eigenvalue weighted by Gasteiger charge is -2.09. The van der Waals surface area contributed by atoms with Gasteiger partial charge in [-0.2, -0.15) is 0 Å². The molecule has 0 fully saturated rings. The van der Waals surface area contributed by atoms with Crippen molar-refractivity contribution < 1.29 is 9.90 Å². The number of carboxylic acids is 1. The fourth-order valence-electron chi connectivity index (χ4n) is 2.12. The molecule has 2 heterocycles. The van der Waals surface area contributed by atoms with Gasteiger partial charge in [-0.1, -0.05) is 18.2 Å². The second-order valence-electron chi connectivity index (χ2n) is 4.69. The van der Waals surface area contributed by atoms with E-state index in [1.807, 2.05) is 37.3 Å². The Morgan fingerprint density at radius 2 is 2.05 bits per heavy atom. The van der Waals surface area contributed by atoms with E-state index in [1.165, 1.54) is 18.3 Å². The molecule has 3 aromatic rings. The van der Waals surface area contributed by atoms with Crippen LogP contribution in [0.15, 0.2) is 48.7 Å². The molecule has 2 N–H and O–H groups in total. The van der Waals surface area contributed by atoms with Crippen molar-refractivity contribution >= 4 is 28.4 Å². The Kier molecular flexibility index (Phi) is 3.23. The molecule has 104 valence electrons. The van der Waals surface area contributed by atoms with E-state index in [1.54, 1.807) is 0 Å². The fraction of sp³-hybridized carbons (Fsp3) is 0.0625. The summed E-state index contributed by atoms with van der Waals surface area (Å²) in [6, 6.07) is 12.7. The molecule has 1 aromatic carbocycles. The van der Waals surface area contributed by atoms with Crippen molar-refractivity contribution in [1.82, 2.24) is 9.97 Å². The number of nitrogens with zero attached hydrogens (tertiary/aromatic N) is 2. The first-order valence-electron chi connectivity index (χ1n) is 6.46. The van der Waals surface area contributed by atoms with Crippen molar-refractivity contribution in [2.45, 2.75) is 6.92 Å². The van der Waals surface area contributed by atoms with Gasteiger partial charge >= 0.3 is 5.97 Å². The molecule has 0 unspecified atom stereocenters. The van der Waals surface area contributed by atoms with Crippen molar-refractivity contribution in [3.8, 4) is 0 Å². The molecule has 0 amide bonds. The molecule has 0 spiro atoms. The molecule has 0 saturated heterocycles. The molecule has 5 nitrogen and oxygen atoms in total. The molecular formula is C16H13N3O2. The van der Waals surface area contributed by atoms with Crippen LogP contribution in [-0.2, 0) is 0 Å². The summed E-state index contributed by atoms with van der Waals surface area (Å²) >= 11 is 0. The molecule has 0 aliphatic carbocycles. The fourth-order valence-corrected chi connectivity index (χ4v) is 2.12. The maximum atomic E-state index is 11.0. The first-order valence-corrected chi connectivity index (χ1v) is 6.46. The van der Waals surface area contributed by atoms with Crippen molar-refractivity contribution in [2.75, 3.05) is 5.32 Å². The number of hydrogen-bond donors (Lipinski definition) is 2. The third kappa shape index (κ3) is 2.67. The number of rotatable bonds is 3. The molecule has 0 radical (unpaired) electrons. The molecule has 0 aliphatic heterocycles. The molecule has 2 aromatic heterocycles. The highest BCUT2D eigenvalue weighted by atomic mass is 16.4. The third-order valence-corrected chi connectivity index (χ3v) is 3.13. The SMILES string of the molecule is Cc1ccc2cccc(Nc3cc(C(=O)O)ccn3)c2n1. The van der Waals surface area contributed by atoms with Crippen molar-refractivity contribution in [2.24, 2.45) is 0 Å². The molecular weight excluding hydrogens is 266 g/mol. The Balaban J connectivity index is 2.04. The zero-order chi connectivity index (χ0) is 14.8. The smallest absolute Gasteiger partial charge is 0.335 e. The molecule has 0 atom stereocenters. The lowest BCUT2D eigenvalue weighted by atomic mass is 10.1. The van der Waals surface area contributed by atoms with Gasteiger partial charge in [-0.15, -0.1) is 0 Å². The number of aromatic nitrogens is 2. The van der Waals surface area contributed by atoms with Crippen LogP contribution >= 0.6 is 0 Å². The van der Waals surface area contributed by atoms with Crippen LogP contribution in [0.4, 0.5) is 11.5 Å². The van der Waals surface area contributed by atoms with E-state index < -0.39 is 5.97 Å². The number of aryl methyl sites for hydroxylation is 1. The van der Waals surface area contributed by atoms with Crippen molar-refractivity contribution in [1.29, 1.82) is 0 Å². The van der Waals surface area contributed by atoms with Crippen LogP contribution in [0.5, 0.6) is 0 Å². The third-order valence-electron chi connectivity index (χ3n) is 3.13. The summed E-state index contributed by atoms with van der Waals surface area (Å²) in [4.78, 5) is 19.7. The number of aromatic carboxylic acids is 1. The van der Waals surface area contributed by atoms with E-state index in [4.69, 9.17) is 5.11 Å². The van der Waals surface area contributed by atoms with Gasteiger partial charge in [0.25, 0.3) is 0 Å². The monoisotopic (exact) mass is 279 g/mol. The van der Waals surface area contributed by atoms with Gasteiger partial charge in [0.05, 0.1) is 16.8 Å². The van der Waals surface area contributed by atoms with E-state index in [9.17, 15) is 4.79 Å². The Labute approximate surface area is 121 Å². The highest BCUT2D eigenvalue weighted by molar-refractivity contribution is 5.93. The van der Waals surface area contributed by atoms with E-state index in [-0.39, 0.29) is 5.56 Å². The van der Waals surface area contributed by atoms with Crippen LogP contribution < -0.4 is 5.32 Å². The maximum Gasteiger partial charge on any atom is 0.335 e. The summed E-state index contributed by atoms with van der Waals surface area (Å²) in [5.74, 6) is -0.502. The van der Waals surface area contributed by atoms with Crippen LogP contribution in [0.2, 0.25) is 0 Å². The zero-order valence-corrected chi connectivity index (χ0v) is 11.4. The summed E-state index contributed by atoms with van der Waals surface area (Å²) in [5.41, 5.74) is 2.74. The number of para-hydroxylation sites is 1. The number of fused-ring (bicyclic) bond motifs is 1. The van der Waals surface area contributed by atoms with Crippen molar-refractivity contribution in [3.05, 3.63) is 59.9 Å². The van der Waals surface area contributed by atoms with Gasteiger partial charge < -0.3 is 10.4 Å². The Hall–Kier alpha value is -2.95. The molecule has 21 heavy (non-hydrogen) atoms. The normalized spacial score (nSPS) is 10.5. The van der Waals surface area contributed by atoms with E-state index in [0.717, 1.165) is 22.3 Å². The number of nitrogens with one attached hydrogen (secondary N) is 1. The maximum absolute atomic E-state index is 11.0. The first kappa shape index (κ1) is 13.1. The molecule has 0 aliphatic rings. The average molecular weight is 279 g/mol. The Morgan fingerprint density at radius 3 is 2.86 bits per heavy atom. The minimum absolute atomic E-state index is 0.192. The zero-order valence-electron chi connectivity index (χ0n) is 11.4. The van der Waals surface area contributed by atoms with Gasteiger partial charge in [-0.3, -0.25) is 4.98 Å². The second kappa shape index (κ2) is 5.20. The minimum atomic E-state index is -0.979. The quantitative estimate of drug-likeness (QED) is 0.768. The van der Waals surface area contributed by atoms with Crippen LogP contribution in [-0.4, -0.2) is 21.0 Å². The van der Waals surface area contributed by atoms with Crippen molar-refractivity contribution in [3.63, 3.8) is 0 Å². The molecule has 0 bridgehead atoms. The standard InChI is InChI=1S/C16H13N3O2/c1-10-5-6-11-3-2-4-13(15(11)18-10)19-14-9-12(16(20)21)7-8-17-14/h2-9H,1H3,(H,17,19)(H,20,21). The van der Waals surface area contributed by atoms with Gasteiger partial charge in [0.2, 0.25) is 0 Å². The Bertz CT molecular complexity index is 831. The van der Waals surface area contributed by atoms with Crippen LogP contribution in [0.25, 0.3) is 10.9 Å². The number of anilines is 2. The number of carboxylic acid groups (broad SMARTS) is 1. The van der Waals surface area contributed by atoms with Gasteiger partial charge in [0, 0.05) is 17.3 Å². The second-order valence-corrected chi connectivity index (χ2v) is 4.69. The first-order chi connectivity index (χ1) is 10.1. The van der Waals surface area contributed by atoms with Gasteiger partial charge in [0.1, 0.15) is 5.82 Å². The summed E-state index contributed by atoms with van der Waals surface area (Å²) in [5, 5.41) is 13.2. The summed E-state index contributed by atoms with van der Waals surface area (Å²) < 4.78 is 0. The highest BCUT2D eigenvalue weighted by Crippen LogP contribution is 2.24. The highest BCUT2D eigenvalue weighted by Gasteiger charge is 2.07. The summed E-state index contributed by atoms with van der Waals surface area (Å²) in [6.45, 7) is 1.93. The molecule has 3 rings (SSSR count). The van der Waals surface area contributed by atoms with E-state index in [0.29, 0.717) is 5.82 Å². The van der Waals surface area contributed by atoms with Gasteiger partial charge in [-0.05, 0) is 31.2 Å². The summed E-state index contributed by atoms with van der Waals surface area (Å²) in [7, 11) is 0. The molecule has 5 heteroatoms. The van der Waals surface area contributed by atoms with E-state index in [2.05, 4.69) is 15.3 Å².